The summed E-state index contributed by atoms with van der Waals surface area (Å²) >= 11 is 0. The van der Waals surface area contributed by atoms with E-state index in [0.29, 0.717) is 13.0 Å². The van der Waals surface area contributed by atoms with Crippen molar-refractivity contribution in [2.45, 2.75) is 38.6 Å². The molecule has 1 aromatic rings. The maximum Gasteiger partial charge on any atom is 0.303 e. The molecule has 0 heterocycles. The highest BCUT2D eigenvalue weighted by molar-refractivity contribution is 5.74. The summed E-state index contributed by atoms with van der Waals surface area (Å²) in [7, 11) is 0. The summed E-state index contributed by atoms with van der Waals surface area (Å²) in [6.45, 7) is 2.07. The summed E-state index contributed by atoms with van der Waals surface area (Å²) in [6.07, 6.45) is 2.54. The molecule has 4 nitrogen and oxygen atoms in total. The van der Waals surface area contributed by atoms with Crippen LogP contribution in [0.2, 0.25) is 0 Å². The normalized spacial score (nSPS) is 17.0. The van der Waals surface area contributed by atoms with Crippen LogP contribution >= 0.6 is 0 Å². The molecule has 1 N–H and O–H groups in total. The summed E-state index contributed by atoms with van der Waals surface area (Å²) in [5, 5.41) is 8.68. The fourth-order valence-electron chi connectivity index (χ4n) is 2.79. The molecule has 1 aromatic carbocycles. The highest BCUT2D eigenvalue weighted by Gasteiger charge is 2.28. The number of aliphatic carboxylic acids is 1. The fraction of sp³-hybridized carbons (Fsp3) is 0.467. The van der Waals surface area contributed by atoms with Crippen molar-refractivity contribution in [3.05, 3.63) is 35.4 Å². The van der Waals surface area contributed by atoms with Gasteiger partial charge in [0.15, 0.2) is 0 Å². The van der Waals surface area contributed by atoms with Crippen molar-refractivity contribution >= 4 is 11.9 Å². The SMILES string of the molecule is CC(=O)N(CCCC(=O)O)C1CCc2ccccc21. The molecule has 1 amide bonds. The van der Waals surface area contributed by atoms with Crippen LogP contribution in [0.1, 0.15) is 43.4 Å². The fourth-order valence-corrected chi connectivity index (χ4v) is 2.79. The van der Waals surface area contributed by atoms with E-state index in [1.165, 1.54) is 11.1 Å². The number of hydrogen-bond acceptors (Lipinski definition) is 2. The quantitative estimate of drug-likeness (QED) is 0.885. The smallest absolute Gasteiger partial charge is 0.303 e. The number of hydrogen-bond donors (Lipinski definition) is 1. The third-order valence-corrected chi connectivity index (χ3v) is 3.67. The van der Waals surface area contributed by atoms with Gasteiger partial charge in [0.1, 0.15) is 0 Å². The first-order valence-electron chi connectivity index (χ1n) is 6.66. The van der Waals surface area contributed by atoms with Crippen molar-refractivity contribution in [2.75, 3.05) is 6.54 Å². The van der Waals surface area contributed by atoms with Crippen LogP contribution in [0, 0.1) is 0 Å². The second-order valence-corrected chi connectivity index (χ2v) is 4.96. The Balaban J connectivity index is 2.08. The van der Waals surface area contributed by atoms with Gasteiger partial charge >= 0.3 is 5.97 Å². The Kier molecular flexibility index (Phi) is 4.20. The average molecular weight is 261 g/mol. The molecule has 2 rings (SSSR count). The predicted octanol–water partition coefficient (Wildman–Crippen LogP) is 2.39. The van der Waals surface area contributed by atoms with Gasteiger partial charge in [0, 0.05) is 19.9 Å². The molecule has 1 unspecified atom stereocenters. The molecule has 1 aliphatic rings. The highest BCUT2D eigenvalue weighted by atomic mass is 16.4. The minimum atomic E-state index is -0.810. The van der Waals surface area contributed by atoms with Crippen molar-refractivity contribution in [3.8, 4) is 0 Å². The van der Waals surface area contributed by atoms with Gasteiger partial charge in [-0.05, 0) is 30.4 Å². The monoisotopic (exact) mass is 261 g/mol. The number of benzene rings is 1. The summed E-state index contributed by atoms with van der Waals surface area (Å²) in [6, 6.07) is 8.30. The molecule has 0 radical (unpaired) electrons. The third-order valence-electron chi connectivity index (χ3n) is 3.67. The summed E-state index contributed by atoms with van der Waals surface area (Å²) in [5.41, 5.74) is 2.52. The molecular weight excluding hydrogens is 242 g/mol. The first kappa shape index (κ1) is 13.6. The minimum Gasteiger partial charge on any atom is -0.481 e. The van der Waals surface area contributed by atoms with E-state index in [1.54, 1.807) is 6.92 Å². The second-order valence-electron chi connectivity index (χ2n) is 4.96. The van der Waals surface area contributed by atoms with E-state index in [-0.39, 0.29) is 18.4 Å². The molecule has 0 aromatic heterocycles. The van der Waals surface area contributed by atoms with E-state index < -0.39 is 5.97 Å². The molecule has 0 aliphatic heterocycles. The van der Waals surface area contributed by atoms with E-state index >= 15 is 0 Å². The number of rotatable bonds is 5. The summed E-state index contributed by atoms with van der Waals surface area (Å²) in [5.74, 6) is -0.789. The molecule has 4 heteroatoms. The number of carboxylic acids is 1. The van der Waals surface area contributed by atoms with Crippen molar-refractivity contribution in [2.24, 2.45) is 0 Å². The second kappa shape index (κ2) is 5.87. The Labute approximate surface area is 113 Å². The van der Waals surface area contributed by atoms with E-state index in [0.717, 1.165) is 12.8 Å². The maximum atomic E-state index is 11.8. The van der Waals surface area contributed by atoms with Crippen LogP contribution in [0.3, 0.4) is 0 Å². The molecular formula is C15H19NO3. The standard InChI is InChI=1S/C15H19NO3/c1-11(17)16(10-4-7-15(18)19)14-9-8-12-5-2-3-6-13(12)14/h2-3,5-6,14H,4,7-10H2,1H3,(H,18,19). The van der Waals surface area contributed by atoms with Gasteiger partial charge in [0.2, 0.25) is 5.91 Å². The molecule has 0 saturated carbocycles. The number of fused-ring (bicyclic) bond motifs is 1. The van der Waals surface area contributed by atoms with Crippen LogP contribution in [0.5, 0.6) is 0 Å². The largest absolute Gasteiger partial charge is 0.481 e. The van der Waals surface area contributed by atoms with Crippen LogP contribution < -0.4 is 0 Å². The summed E-state index contributed by atoms with van der Waals surface area (Å²) < 4.78 is 0. The maximum absolute atomic E-state index is 11.8. The average Bonchev–Trinajstić information content (AvgIpc) is 2.77. The van der Waals surface area contributed by atoms with E-state index in [1.807, 2.05) is 17.0 Å². The van der Waals surface area contributed by atoms with Gasteiger partial charge in [-0.15, -0.1) is 0 Å². The zero-order valence-corrected chi connectivity index (χ0v) is 11.1. The van der Waals surface area contributed by atoms with Crippen LogP contribution in [-0.2, 0) is 16.0 Å². The Morgan fingerprint density at radius 2 is 2.11 bits per heavy atom. The zero-order chi connectivity index (χ0) is 13.8. The number of amides is 1. The lowest BCUT2D eigenvalue weighted by Crippen LogP contribution is -2.33. The number of nitrogens with zero attached hydrogens (tertiary/aromatic N) is 1. The molecule has 0 bridgehead atoms. The van der Waals surface area contributed by atoms with Gasteiger partial charge in [0.25, 0.3) is 0 Å². The van der Waals surface area contributed by atoms with Gasteiger partial charge in [-0.25, -0.2) is 0 Å². The Hall–Kier alpha value is -1.84. The Morgan fingerprint density at radius 1 is 1.37 bits per heavy atom. The Morgan fingerprint density at radius 3 is 2.79 bits per heavy atom. The number of carboxylic acid groups (broad SMARTS) is 1. The molecule has 1 atom stereocenters. The number of carbonyl (C=O) groups is 2. The van der Waals surface area contributed by atoms with Crippen LogP contribution in [0.15, 0.2) is 24.3 Å². The number of aryl methyl sites for hydroxylation is 1. The zero-order valence-electron chi connectivity index (χ0n) is 11.1. The molecule has 1 aliphatic carbocycles. The molecule has 102 valence electrons. The topological polar surface area (TPSA) is 57.6 Å². The van der Waals surface area contributed by atoms with E-state index in [4.69, 9.17) is 5.11 Å². The van der Waals surface area contributed by atoms with Crippen molar-refractivity contribution in [1.82, 2.24) is 4.90 Å². The molecule has 0 saturated heterocycles. The van der Waals surface area contributed by atoms with Gasteiger partial charge in [-0.1, -0.05) is 24.3 Å². The molecule has 0 spiro atoms. The molecule has 0 fully saturated rings. The lowest BCUT2D eigenvalue weighted by molar-refractivity contribution is -0.138. The van der Waals surface area contributed by atoms with Gasteiger partial charge in [0.05, 0.1) is 6.04 Å². The third kappa shape index (κ3) is 3.13. The van der Waals surface area contributed by atoms with E-state index in [2.05, 4.69) is 12.1 Å². The predicted molar refractivity (Wildman–Crippen MR) is 71.8 cm³/mol. The van der Waals surface area contributed by atoms with Crippen molar-refractivity contribution in [1.29, 1.82) is 0 Å². The first-order valence-corrected chi connectivity index (χ1v) is 6.66. The lowest BCUT2D eigenvalue weighted by Gasteiger charge is -2.28. The van der Waals surface area contributed by atoms with Gasteiger partial charge in [-0.2, -0.15) is 0 Å². The van der Waals surface area contributed by atoms with E-state index in [9.17, 15) is 9.59 Å². The summed E-state index contributed by atoms with van der Waals surface area (Å²) in [4.78, 5) is 24.2. The minimum absolute atomic E-state index is 0.0205. The number of carbonyl (C=O) groups excluding carboxylic acids is 1. The van der Waals surface area contributed by atoms with Crippen molar-refractivity contribution < 1.29 is 14.7 Å². The van der Waals surface area contributed by atoms with Gasteiger partial charge in [-0.3, -0.25) is 9.59 Å². The first-order chi connectivity index (χ1) is 9.09. The molecule has 19 heavy (non-hydrogen) atoms. The van der Waals surface area contributed by atoms with Crippen molar-refractivity contribution in [3.63, 3.8) is 0 Å². The Bertz CT molecular complexity index is 484. The van der Waals surface area contributed by atoms with Crippen LogP contribution in [0.25, 0.3) is 0 Å². The highest BCUT2D eigenvalue weighted by Crippen LogP contribution is 2.35. The van der Waals surface area contributed by atoms with Gasteiger partial charge < -0.3 is 10.0 Å². The lowest BCUT2D eigenvalue weighted by atomic mass is 10.1. The van der Waals surface area contributed by atoms with Crippen LogP contribution in [0.4, 0.5) is 0 Å². The van der Waals surface area contributed by atoms with Crippen LogP contribution in [-0.4, -0.2) is 28.4 Å².